The first-order chi connectivity index (χ1) is 13.7. The van der Waals surface area contributed by atoms with Gasteiger partial charge in [0, 0.05) is 32.0 Å². The van der Waals surface area contributed by atoms with Crippen LogP contribution in [0.4, 0.5) is 10.1 Å². The highest BCUT2D eigenvalue weighted by Crippen LogP contribution is 2.40. The molecule has 3 aliphatic rings. The van der Waals surface area contributed by atoms with Gasteiger partial charge in [-0.1, -0.05) is 0 Å². The molecule has 28 heavy (non-hydrogen) atoms. The molecule has 4 heterocycles. The molecule has 2 atom stereocenters. The summed E-state index contributed by atoms with van der Waals surface area (Å²) in [7, 11) is 0. The quantitative estimate of drug-likeness (QED) is 0.745. The Morgan fingerprint density at radius 1 is 1.04 bits per heavy atom. The standard InChI is InChI=1S/C21H26FN5O/c22-18-6-10-26(14-28)21(18)16-4-8-25(9-5-16)20-12-23-7-3-19(20)27-13-17(11-24-27)15-1-2-15/h3,7,11-16,18,21H,1-2,4-6,8-10H2/t18-,21?/m0/s1. The van der Waals surface area contributed by atoms with E-state index in [9.17, 15) is 9.18 Å². The monoisotopic (exact) mass is 383 g/mol. The van der Waals surface area contributed by atoms with Gasteiger partial charge in [0.2, 0.25) is 6.41 Å². The number of carbonyl (C=O) groups is 1. The Morgan fingerprint density at radius 3 is 2.61 bits per heavy atom. The Bertz CT molecular complexity index is 843. The molecule has 0 bridgehead atoms. The molecule has 2 aliphatic heterocycles. The molecule has 0 radical (unpaired) electrons. The predicted octanol–water partition coefficient (Wildman–Crippen LogP) is 2.93. The van der Waals surface area contributed by atoms with E-state index in [1.807, 2.05) is 23.1 Å². The van der Waals surface area contributed by atoms with E-state index in [2.05, 4.69) is 21.2 Å². The summed E-state index contributed by atoms with van der Waals surface area (Å²) in [4.78, 5) is 19.6. The van der Waals surface area contributed by atoms with Gasteiger partial charge in [0.05, 0.1) is 29.8 Å². The second-order valence-corrected chi connectivity index (χ2v) is 8.32. The number of amides is 1. The van der Waals surface area contributed by atoms with Gasteiger partial charge in [-0.2, -0.15) is 5.10 Å². The van der Waals surface area contributed by atoms with Crippen LogP contribution >= 0.6 is 0 Å². The van der Waals surface area contributed by atoms with Crippen LogP contribution in [0.2, 0.25) is 0 Å². The van der Waals surface area contributed by atoms with Gasteiger partial charge in [0.25, 0.3) is 0 Å². The molecule has 148 valence electrons. The van der Waals surface area contributed by atoms with Crippen molar-refractivity contribution in [3.05, 3.63) is 36.4 Å². The second kappa shape index (κ2) is 7.18. The molecule has 1 amide bonds. The van der Waals surface area contributed by atoms with E-state index in [0.717, 1.165) is 43.7 Å². The van der Waals surface area contributed by atoms with E-state index in [-0.39, 0.29) is 12.0 Å². The molecule has 1 unspecified atom stereocenters. The van der Waals surface area contributed by atoms with Crippen molar-refractivity contribution in [1.82, 2.24) is 19.7 Å². The van der Waals surface area contributed by atoms with Gasteiger partial charge in [-0.3, -0.25) is 9.78 Å². The van der Waals surface area contributed by atoms with E-state index in [4.69, 9.17) is 0 Å². The summed E-state index contributed by atoms with van der Waals surface area (Å²) in [6, 6.07) is 1.76. The number of alkyl halides is 1. The van der Waals surface area contributed by atoms with Crippen LogP contribution in [0.3, 0.4) is 0 Å². The zero-order valence-corrected chi connectivity index (χ0v) is 16.0. The van der Waals surface area contributed by atoms with Crippen LogP contribution in [0.15, 0.2) is 30.9 Å². The maximum absolute atomic E-state index is 14.4. The van der Waals surface area contributed by atoms with E-state index in [1.54, 1.807) is 11.1 Å². The van der Waals surface area contributed by atoms with Crippen molar-refractivity contribution in [3.8, 4) is 5.69 Å². The number of piperidine rings is 1. The Kier molecular flexibility index (Phi) is 4.53. The molecule has 1 saturated carbocycles. The van der Waals surface area contributed by atoms with Gasteiger partial charge < -0.3 is 9.80 Å². The fourth-order valence-corrected chi connectivity index (χ4v) is 4.88. The summed E-state index contributed by atoms with van der Waals surface area (Å²) in [6.45, 7) is 2.23. The number of carbonyl (C=O) groups excluding carboxylic acids is 1. The van der Waals surface area contributed by atoms with Crippen LogP contribution in [0, 0.1) is 5.92 Å². The van der Waals surface area contributed by atoms with Gasteiger partial charge >= 0.3 is 0 Å². The lowest BCUT2D eigenvalue weighted by Crippen LogP contribution is -2.45. The number of aromatic nitrogens is 3. The third-order valence-electron chi connectivity index (χ3n) is 6.59. The van der Waals surface area contributed by atoms with E-state index in [0.29, 0.717) is 18.9 Å². The highest BCUT2D eigenvalue weighted by Gasteiger charge is 2.40. The molecule has 0 aromatic carbocycles. The minimum atomic E-state index is -0.888. The van der Waals surface area contributed by atoms with Crippen LogP contribution < -0.4 is 4.90 Å². The number of anilines is 1. The fourth-order valence-electron chi connectivity index (χ4n) is 4.88. The number of hydrogen-bond donors (Lipinski definition) is 0. The molecule has 1 aliphatic carbocycles. The van der Waals surface area contributed by atoms with Gasteiger partial charge in [0.15, 0.2) is 0 Å². The molecule has 2 saturated heterocycles. The number of rotatable bonds is 5. The van der Waals surface area contributed by atoms with Crippen LogP contribution in [0.1, 0.15) is 43.6 Å². The molecular weight excluding hydrogens is 357 g/mol. The molecule has 0 spiro atoms. The minimum absolute atomic E-state index is 0.227. The van der Waals surface area contributed by atoms with Crippen molar-refractivity contribution in [2.24, 2.45) is 5.92 Å². The minimum Gasteiger partial charge on any atom is -0.369 e. The lowest BCUT2D eigenvalue weighted by Gasteiger charge is -2.39. The third kappa shape index (κ3) is 3.16. The van der Waals surface area contributed by atoms with Crippen LogP contribution in [-0.4, -0.2) is 57.9 Å². The predicted molar refractivity (Wildman–Crippen MR) is 104 cm³/mol. The summed E-state index contributed by atoms with van der Waals surface area (Å²) in [5.74, 6) is 0.904. The van der Waals surface area contributed by atoms with Crippen molar-refractivity contribution in [3.63, 3.8) is 0 Å². The Hall–Kier alpha value is -2.44. The molecule has 7 heteroatoms. The molecule has 3 fully saturated rings. The number of pyridine rings is 1. The van der Waals surface area contributed by atoms with E-state index < -0.39 is 6.17 Å². The summed E-state index contributed by atoms with van der Waals surface area (Å²) >= 11 is 0. The number of nitrogens with zero attached hydrogens (tertiary/aromatic N) is 5. The average Bonchev–Trinajstić information content (AvgIpc) is 3.35. The maximum atomic E-state index is 14.4. The Morgan fingerprint density at radius 2 is 1.86 bits per heavy atom. The smallest absolute Gasteiger partial charge is 0.210 e. The molecule has 0 N–H and O–H groups in total. The van der Waals surface area contributed by atoms with Gasteiger partial charge in [-0.15, -0.1) is 0 Å². The molecule has 2 aromatic heterocycles. The van der Waals surface area contributed by atoms with Crippen molar-refractivity contribution in [2.45, 2.75) is 50.2 Å². The Labute approximate surface area is 164 Å². The summed E-state index contributed by atoms with van der Waals surface area (Å²) in [5, 5.41) is 4.58. The van der Waals surface area contributed by atoms with Crippen molar-refractivity contribution in [1.29, 1.82) is 0 Å². The first-order valence-electron chi connectivity index (χ1n) is 10.3. The van der Waals surface area contributed by atoms with Gasteiger partial charge in [0.1, 0.15) is 6.17 Å². The topological polar surface area (TPSA) is 54.3 Å². The fraction of sp³-hybridized carbons (Fsp3) is 0.571. The molecular formula is C21H26FN5O. The van der Waals surface area contributed by atoms with Gasteiger partial charge in [-0.05, 0) is 55.6 Å². The summed E-state index contributed by atoms with van der Waals surface area (Å²) in [5.41, 5.74) is 3.42. The lowest BCUT2D eigenvalue weighted by molar-refractivity contribution is -0.120. The van der Waals surface area contributed by atoms with Crippen molar-refractivity contribution in [2.75, 3.05) is 24.5 Å². The van der Waals surface area contributed by atoms with Crippen LogP contribution in [0.5, 0.6) is 0 Å². The second-order valence-electron chi connectivity index (χ2n) is 8.32. The number of likely N-dealkylation sites (tertiary alicyclic amines) is 1. The third-order valence-corrected chi connectivity index (χ3v) is 6.59. The number of hydrogen-bond acceptors (Lipinski definition) is 4. The highest BCUT2D eigenvalue weighted by atomic mass is 19.1. The zero-order valence-electron chi connectivity index (χ0n) is 16.0. The van der Waals surface area contributed by atoms with Gasteiger partial charge in [-0.25, -0.2) is 9.07 Å². The maximum Gasteiger partial charge on any atom is 0.210 e. The van der Waals surface area contributed by atoms with E-state index >= 15 is 0 Å². The summed E-state index contributed by atoms with van der Waals surface area (Å²) < 4.78 is 16.3. The lowest BCUT2D eigenvalue weighted by atomic mass is 9.87. The average molecular weight is 383 g/mol. The highest BCUT2D eigenvalue weighted by molar-refractivity contribution is 5.61. The molecule has 2 aromatic rings. The van der Waals surface area contributed by atoms with Crippen molar-refractivity contribution >= 4 is 12.1 Å². The summed E-state index contributed by atoms with van der Waals surface area (Å²) in [6.07, 6.45) is 12.5. The van der Waals surface area contributed by atoms with Crippen molar-refractivity contribution < 1.29 is 9.18 Å². The number of halogens is 1. The zero-order chi connectivity index (χ0) is 19.1. The van der Waals surface area contributed by atoms with Crippen LogP contribution in [0.25, 0.3) is 5.69 Å². The first kappa shape index (κ1) is 17.6. The molecule has 5 rings (SSSR count). The van der Waals surface area contributed by atoms with Crippen LogP contribution in [-0.2, 0) is 4.79 Å². The molecule has 6 nitrogen and oxygen atoms in total. The van der Waals surface area contributed by atoms with E-state index in [1.165, 1.54) is 18.4 Å². The normalized spacial score (nSPS) is 26.0. The Balaban J connectivity index is 1.32. The largest absolute Gasteiger partial charge is 0.369 e. The first-order valence-corrected chi connectivity index (χ1v) is 10.3. The SMILES string of the molecule is O=CN1CC[C@H](F)C1C1CCN(c2cnccc2-n2cc(C3CC3)cn2)CC1.